The molecule has 14 heavy (non-hydrogen) atoms. The van der Waals surface area contributed by atoms with Gasteiger partial charge in [-0.1, -0.05) is 13.8 Å². The Morgan fingerprint density at radius 1 is 1.36 bits per heavy atom. The molecule has 0 heterocycles. The van der Waals surface area contributed by atoms with E-state index in [1.165, 1.54) is 4.90 Å². The number of aliphatic carboxylic acids is 1. The number of amides is 1. The van der Waals surface area contributed by atoms with Crippen LogP contribution in [0.15, 0.2) is 0 Å². The second-order valence-electron chi connectivity index (χ2n) is 3.42. The lowest BCUT2D eigenvalue weighted by atomic mass is 10.2. The molecule has 0 aliphatic heterocycles. The van der Waals surface area contributed by atoms with Crippen LogP contribution in [0.2, 0.25) is 0 Å². The maximum absolute atomic E-state index is 11.5. The SMILES string of the molecule is CCCC(=O)N(CC(=O)O)C(C)CC. The third kappa shape index (κ3) is 4.25. The summed E-state index contributed by atoms with van der Waals surface area (Å²) in [6, 6.07) is 0.00477. The molecule has 82 valence electrons. The Kier molecular flexibility index (Phi) is 5.92. The number of hydrogen-bond acceptors (Lipinski definition) is 2. The first kappa shape index (κ1) is 12.9. The molecule has 0 bridgehead atoms. The minimum atomic E-state index is -0.949. The third-order valence-corrected chi connectivity index (χ3v) is 2.21. The van der Waals surface area contributed by atoms with E-state index in [2.05, 4.69) is 0 Å². The van der Waals surface area contributed by atoms with Gasteiger partial charge in [-0.15, -0.1) is 0 Å². The van der Waals surface area contributed by atoms with Gasteiger partial charge in [0.05, 0.1) is 0 Å². The van der Waals surface area contributed by atoms with E-state index in [-0.39, 0.29) is 18.5 Å². The molecule has 1 unspecified atom stereocenters. The fourth-order valence-corrected chi connectivity index (χ4v) is 1.21. The second-order valence-corrected chi connectivity index (χ2v) is 3.42. The van der Waals surface area contributed by atoms with Crippen LogP contribution in [0.3, 0.4) is 0 Å². The molecule has 0 aromatic carbocycles. The first-order valence-corrected chi connectivity index (χ1v) is 5.04. The van der Waals surface area contributed by atoms with Gasteiger partial charge < -0.3 is 10.0 Å². The number of carbonyl (C=O) groups excluding carboxylic acids is 1. The lowest BCUT2D eigenvalue weighted by molar-refractivity contribution is -0.146. The van der Waals surface area contributed by atoms with E-state index < -0.39 is 5.97 Å². The lowest BCUT2D eigenvalue weighted by Gasteiger charge is -2.26. The van der Waals surface area contributed by atoms with E-state index in [0.717, 1.165) is 12.8 Å². The molecule has 4 heteroatoms. The number of carboxylic acids is 1. The number of carboxylic acid groups (broad SMARTS) is 1. The van der Waals surface area contributed by atoms with Crippen molar-refractivity contribution in [3.63, 3.8) is 0 Å². The number of hydrogen-bond donors (Lipinski definition) is 1. The summed E-state index contributed by atoms with van der Waals surface area (Å²) >= 11 is 0. The molecule has 1 N–H and O–H groups in total. The van der Waals surface area contributed by atoms with Crippen molar-refractivity contribution < 1.29 is 14.7 Å². The van der Waals surface area contributed by atoms with Crippen LogP contribution in [-0.4, -0.2) is 34.5 Å². The van der Waals surface area contributed by atoms with Gasteiger partial charge >= 0.3 is 5.97 Å². The largest absolute Gasteiger partial charge is 0.480 e. The van der Waals surface area contributed by atoms with Crippen LogP contribution >= 0.6 is 0 Å². The van der Waals surface area contributed by atoms with Crippen molar-refractivity contribution in [2.45, 2.75) is 46.1 Å². The number of nitrogens with zero attached hydrogens (tertiary/aromatic N) is 1. The van der Waals surface area contributed by atoms with Crippen LogP contribution in [-0.2, 0) is 9.59 Å². The van der Waals surface area contributed by atoms with Crippen molar-refractivity contribution in [3.8, 4) is 0 Å². The zero-order chi connectivity index (χ0) is 11.1. The molecule has 0 aliphatic rings. The van der Waals surface area contributed by atoms with Crippen LogP contribution in [0.4, 0.5) is 0 Å². The Hall–Kier alpha value is -1.06. The molecule has 0 aliphatic carbocycles. The van der Waals surface area contributed by atoms with Gasteiger partial charge in [-0.05, 0) is 19.8 Å². The van der Waals surface area contributed by atoms with Crippen LogP contribution < -0.4 is 0 Å². The average molecular weight is 201 g/mol. The molecule has 4 nitrogen and oxygen atoms in total. The lowest BCUT2D eigenvalue weighted by Crippen LogP contribution is -2.41. The molecule has 0 rings (SSSR count). The van der Waals surface area contributed by atoms with Gasteiger partial charge in [-0.3, -0.25) is 9.59 Å². The Labute approximate surface area is 84.9 Å². The van der Waals surface area contributed by atoms with Gasteiger partial charge in [-0.25, -0.2) is 0 Å². The van der Waals surface area contributed by atoms with Crippen LogP contribution in [0.1, 0.15) is 40.0 Å². The molecule has 0 spiro atoms. The van der Waals surface area contributed by atoms with Crippen molar-refractivity contribution in [2.24, 2.45) is 0 Å². The summed E-state index contributed by atoms with van der Waals surface area (Å²) in [5, 5.41) is 8.65. The van der Waals surface area contributed by atoms with Gasteiger partial charge in [-0.2, -0.15) is 0 Å². The average Bonchev–Trinajstić information content (AvgIpc) is 2.13. The van der Waals surface area contributed by atoms with Crippen molar-refractivity contribution in [1.82, 2.24) is 4.90 Å². The summed E-state index contributed by atoms with van der Waals surface area (Å²) in [5.74, 6) is -1.01. The Morgan fingerprint density at radius 3 is 2.29 bits per heavy atom. The van der Waals surface area contributed by atoms with Crippen LogP contribution in [0.5, 0.6) is 0 Å². The highest BCUT2D eigenvalue weighted by Gasteiger charge is 2.20. The molecule has 0 fully saturated rings. The summed E-state index contributed by atoms with van der Waals surface area (Å²) in [4.78, 5) is 23.5. The second kappa shape index (κ2) is 6.40. The Bertz CT molecular complexity index is 204. The zero-order valence-electron chi connectivity index (χ0n) is 9.12. The van der Waals surface area contributed by atoms with E-state index >= 15 is 0 Å². The minimum absolute atomic E-state index is 0.00477. The smallest absolute Gasteiger partial charge is 0.323 e. The van der Waals surface area contributed by atoms with Gasteiger partial charge in [0.2, 0.25) is 5.91 Å². The molecular weight excluding hydrogens is 182 g/mol. The van der Waals surface area contributed by atoms with Gasteiger partial charge in [0, 0.05) is 12.5 Å². The molecule has 0 saturated carbocycles. The fourth-order valence-electron chi connectivity index (χ4n) is 1.21. The van der Waals surface area contributed by atoms with Gasteiger partial charge in [0.25, 0.3) is 0 Å². The maximum Gasteiger partial charge on any atom is 0.323 e. The zero-order valence-corrected chi connectivity index (χ0v) is 9.12. The van der Waals surface area contributed by atoms with E-state index in [4.69, 9.17) is 5.11 Å². The number of carbonyl (C=O) groups is 2. The Morgan fingerprint density at radius 2 is 1.93 bits per heavy atom. The van der Waals surface area contributed by atoms with E-state index in [1.807, 2.05) is 20.8 Å². The highest BCUT2D eigenvalue weighted by atomic mass is 16.4. The summed E-state index contributed by atoms with van der Waals surface area (Å²) in [5.41, 5.74) is 0. The fraction of sp³-hybridized carbons (Fsp3) is 0.800. The van der Waals surface area contributed by atoms with Crippen molar-refractivity contribution >= 4 is 11.9 Å². The highest BCUT2D eigenvalue weighted by molar-refractivity contribution is 5.81. The predicted molar refractivity (Wildman–Crippen MR) is 54.0 cm³/mol. The molecule has 0 saturated heterocycles. The molecule has 1 atom stereocenters. The van der Waals surface area contributed by atoms with Crippen LogP contribution in [0, 0.1) is 0 Å². The van der Waals surface area contributed by atoms with Crippen molar-refractivity contribution in [1.29, 1.82) is 0 Å². The molecule has 0 radical (unpaired) electrons. The molecular formula is C10H19NO3. The van der Waals surface area contributed by atoms with Crippen LogP contribution in [0.25, 0.3) is 0 Å². The predicted octanol–water partition coefficient (Wildman–Crippen LogP) is 1.50. The monoisotopic (exact) mass is 201 g/mol. The quantitative estimate of drug-likeness (QED) is 0.708. The first-order chi connectivity index (χ1) is 6.52. The van der Waals surface area contributed by atoms with Gasteiger partial charge in [0.1, 0.15) is 6.54 Å². The van der Waals surface area contributed by atoms with Crippen molar-refractivity contribution in [3.05, 3.63) is 0 Å². The summed E-state index contributed by atoms with van der Waals surface area (Å²) in [7, 11) is 0. The molecule has 1 amide bonds. The summed E-state index contributed by atoms with van der Waals surface area (Å²) in [6.07, 6.45) is 1.96. The molecule has 0 aromatic heterocycles. The summed E-state index contributed by atoms with van der Waals surface area (Å²) < 4.78 is 0. The maximum atomic E-state index is 11.5. The minimum Gasteiger partial charge on any atom is -0.480 e. The normalized spacial score (nSPS) is 12.2. The van der Waals surface area contributed by atoms with E-state index in [1.54, 1.807) is 0 Å². The third-order valence-electron chi connectivity index (χ3n) is 2.21. The van der Waals surface area contributed by atoms with E-state index in [9.17, 15) is 9.59 Å². The number of rotatable bonds is 6. The van der Waals surface area contributed by atoms with Crippen molar-refractivity contribution in [2.75, 3.05) is 6.54 Å². The van der Waals surface area contributed by atoms with Gasteiger partial charge in [0.15, 0.2) is 0 Å². The summed E-state index contributed by atoms with van der Waals surface area (Å²) in [6.45, 7) is 5.54. The topological polar surface area (TPSA) is 57.6 Å². The Balaban J connectivity index is 4.37. The van der Waals surface area contributed by atoms with E-state index in [0.29, 0.717) is 6.42 Å². The standard InChI is InChI=1S/C10H19NO3/c1-4-6-9(12)11(7-10(13)14)8(3)5-2/h8H,4-7H2,1-3H3,(H,13,14). The first-order valence-electron chi connectivity index (χ1n) is 5.04. The molecule has 0 aromatic rings. The highest BCUT2D eigenvalue weighted by Crippen LogP contribution is 2.06.